The molecule has 1 fully saturated rings. The molecule has 0 bridgehead atoms. The van der Waals surface area contributed by atoms with Crippen molar-refractivity contribution in [2.24, 2.45) is 11.8 Å². The van der Waals surface area contributed by atoms with E-state index in [1.807, 2.05) is 6.07 Å². The zero-order chi connectivity index (χ0) is 11.2. The van der Waals surface area contributed by atoms with Gasteiger partial charge in [0.05, 0.1) is 6.04 Å². The highest BCUT2D eigenvalue weighted by atomic mass is 16.5. The molecule has 1 unspecified atom stereocenters. The maximum Gasteiger partial charge on any atom is 0.146 e. The van der Waals surface area contributed by atoms with Gasteiger partial charge in [-0.1, -0.05) is 0 Å². The maximum absolute atomic E-state index is 5.56. The minimum absolute atomic E-state index is 0.0456. The number of rotatable bonds is 4. The Hall–Kier alpha value is -1.04. The van der Waals surface area contributed by atoms with Crippen LogP contribution in [0.5, 0.6) is 0 Å². The average molecular weight is 222 g/mol. The first-order valence-electron chi connectivity index (χ1n) is 5.71. The molecule has 5 nitrogen and oxygen atoms in total. The SMILES string of the molecule is NNC(CC1CCOCC1)c1ncccn1. The lowest BCUT2D eigenvalue weighted by molar-refractivity contribution is 0.0602. The quantitative estimate of drug-likeness (QED) is 0.582. The van der Waals surface area contributed by atoms with Crippen LogP contribution in [-0.4, -0.2) is 23.2 Å². The van der Waals surface area contributed by atoms with Crippen molar-refractivity contribution in [3.63, 3.8) is 0 Å². The number of hydrogen-bond donors (Lipinski definition) is 2. The number of hydrogen-bond acceptors (Lipinski definition) is 5. The average Bonchev–Trinajstić information content (AvgIpc) is 2.38. The van der Waals surface area contributed by atoms with E-state index >= 15 is 0 Å². The smallest absolute Gasteiger partial charge is 0.146 e. The van der Waals surface area contributed by atoms with Crippen LogP contribution in [0, 0.1) is 5.92 Å². The fourth-order valence-corrected chi connectivity index (χ4v) is 2.05. The van der Waals surface area contributed by atoms with Crippen molar-refractivity contribution >= 4 is 0 Å². The van der Waals surface area contributed by atoms with Gasteiger partial charge >= 0.3 is 0 Å². The Balaban J connectivity index is 1.94. The van der Waals surface area contributed by atoms with Gasteiger partial charge in [-0.15, -0.1) is 0 Å². The predicted molar refractivity (Wildman–Crippen MR) is 60.3 cm³/mol. The Morgan fingerprint density at radius 1 is 1.38 bits per heavy atom. The van der Waals surface area contributed by atoms with Gasteiger partial charge in [0.15, 0.2) is 0 Å². The third-order valence-electron chi connectivity index (χ3n) is 3.01. The lowest BCUT2D eigenvalue weighted by atomic mass is 9.92. The first-order valence-corrected chi connectivity index (χ1v) is 5.71. The van der Waals surface area contributed by atoms with E-state index < -0.39 is 0 Å². The van der Waals surface area contributed by atoms with E-state index in [0.717, 1.165) is 38.3 Å². The molecule has 0 amide bonds. The summed E-state index contributed by atoms with van der Waals surface area (Å²) in [5.74, 6) is 6.99. The van der Waals surface area contributed by atoms with E-state index in [2.05, 4.69) is 15.4 Å². The van der Waals surface area contributed by atoms with Crippen LogP contribution < -0.4 is 11.3 Å². The van der Waals surface area contributed by atoms with Gasteiger partial charge in [-0.3, -0.25) is 5.84 Å². The molecule has 1 aliphatic rings. The molecule has 88 valence electrons. The van der Waals surface area contributed by atoms with E-state index in [-0.39, 0.29) is 6.04 Å². The summed E-state index contributed by atoms with van der Waals surface area (Å²) in [7, 11) is 0. The van der Waals surface area contributed by atoms with Crippen molar-refractivity contribution < 1.29 is 4.74 Å². The zero-order valence-corrected chi connectivity index (χ0v) is 9.30. The molecule has 0 saturated carbocycles. The molecule has 0 radical (unpaired) electrons. The van der Waals surface area contributed by atoms with Crippen LogP contribution in [0.2, 0.25) is 0 Å². The summed E-state index contributed by atoms with van der Waals surface area (Å²) < 4.78 is 5.34. The molecule has 2 heterocycles. The Bertz CT molecular complexity index is 300. The van der Waals surface area contributed by atoms with E-state index in [4.69, 9.17) is 10.6 Å². The minimum atomic E-state index is 0.0456. The molecule has 2 rings (SSSR count). The minimum Gasteiger partial charge on any atom is -0.381 e. The van der Waals surface area contributed by atoms with Gasteiger partial charge in [-0.25, -0.2) is 15.4 Å². The molecule has 1 aromatic rings. The molecule has 1 saturated heterocycles. The van der Waals surface area contributed by atoms with Gasteiger partial charge in [0.2, 0.25) is 0 Å². The van der Waals surface area contributed by atoms with Crippen LogP contribution >= 0.6 is 0 Å². The third-order valence-corrected chi connectivity index (χ3v) is 3.01. The topological polar surface area (TPSA) is 73.1 Å². The van der Waals surface area contributed by atoms with Gasteiger partial charge < -0.3 is 4.74 Å². The van der Waals surface area contributed by atoms with E-state index in [9.17, 15) is 0 Å². The predicted octanol–water partition coefficient (Wildman–Crippen LogP) is 0.798. The maximum atomic E-state index is 5.56. The van der Waals surface area contributed by atoms with Crippen LogP contribution in [-0.2, 0) is 4.74 Å². The summed E-state index contributed by atoms with van der Waals surface area (Å²) in [4.78, 5) is 8.46. The lowest BCUT2D eigenvalue weighted by Gasteiger charge is -2.25. The molecular formula is C11H18N4O. The monoisotopic (exact) mass is 222 g/mol. The van der Waals surface area contributed by atoms with Crippen LogP contribution in [0.15, 0.2) is 18.5 Å². The fourth-order valence-electron chi connectivity index (χ4n) is 2.05. The van der Waals surface area contributed by atoms with Gasteiger partial charge in [-0.05, 0) is 31.2 Å². The molecule has 0 aromatic carbocycles. The molecular weight excluding hydrogens is 204 g/mol. The van der Waals surface area contributed by atoms with Crippen LogP contribution in [0.4, 0.5) is 0 Å². The zero-order valence-electron chi connectivity index (χ0n) is 9.30. The number of nitrogens with one attached hydrogen (secondary N) is 1. The van der Waals surface area contributed by atoms with Gasteiger partial charge in [-0.2, -0.15) is 0 Å². The molecule has 0 spiro atoms. The standard InChI is InChI=1S/C11H18N4O/c12-15-10(11-13-4-1-5-14-11)8-9-2-6-16-7-3-9/h1,4-5,9-10,15H,2-3,6-8,12H2. The second-order valence-electron chi connectivity index (χ2n) is 4.12. The first-order chi connectivity index (χ1) is 7.90. The highest BCUT2D eigenvalue weighted by Crippen LogP contribution is 2.25. The number of nitrogens with two attached hydrogens (primary N) is 1. The molecule has 5 heteroatoms. The van der Waals surface area contributed by atoms with Crippen molar-refractivity contribution in [3.05, 3.63) is 24.3 Å². The van der Waals surface area contributed by atoms with Crippen LogP contribution in [0.3, 0.4) is 0 Å². The summed E-state index contributed by atoms with van der Waals surface area (Å²) >= 11 is 0. The first kappa shape index (κ1) is 11.4. The van der Waals surface area contributed by atoms with Gasteiger partial charge in [0.25, 0.3) is 0 Å². The molecule has 3 N–H and O–H groups in total. The lowest BCUT2D eigenvalue weighted by Crippen LogP contribution is -2.32. The van der Waals surface area contributed by atoms with Crippen molar-refractivity contribution in [1.82, 2.24) is 15.4 Å². The Labute approximate surface area is 95.4 Å². The third kappa shape index (κ3) is 2.98. The van der Waals surface area contributed by atoms with Crippen molar-refractivity contribution in [1.29, 1.82) is 0 Å². The van der Waals surface area contributed by atoms with Crippen molar-refractivity contribution in [2.45, 2.75) is 25.3 Å². The molecule has 1 aromatic heterocycles. The van der Waals surface area contributed by atoms with Gasteiger partial charge in [0, 0.05) is 25.6 Å². The van der Waals surface area contributed by atoms with Gasteiger partial charge in [0.1, 0.15) is 5.82 Å². The molecule has 16 heavy (non-hydrogen) atoms. The summed E-state index contributed by atoms with van der Waals surface area (Å²) in [5, 5.41) is 0. The Morgan fingerprint density at radius 2 is 2.06 bits per heavy atom. The normalized spacial score (nSPS) is 19.6. The fraction of sp³-hybridized carbons (Fsp3) is 0.636. The van der Waals surface area contributed by atoms with Crippen molar-refractivity contribution in [3.8, 4) is 0 Å². The number of hydrazine groups is 1. The second-order valence-corrected chi connectivity index (χ2v) is 4.12. The summed E-state index contributed by atoms with van der Waals surface area (Å²) in [5.41, 5.74) is 2.80. The molecule has 0 aliphatic carbocycles. The largest absolute Gasteiger partial charge is 0.381 e. The summed E-state index contributed by atoms with van der Waals surface area (Å²) in [6.45, 7) is 1.72. The highest BCUT2D eigenvalue weighted by molar-refractivity contribution is 4.96. The number of aromatic nitrogens is 2. The summed E-state index contributed by atoms with van der Waals surface area (Å²) in [6, 6.07) is 1.86. The molecule has 1 aliphatic heterocycles. The Morgan fingerprint density at radius 3 is 2.69 bits per heavy atom. The number of nitrogens with zero attached hydrogens (tertiary/aromatic N) is 2. The molecule has 1 atom stereocenters. The van der Waals surface area contributed by atoms with Crippen LogP contribution in [0.25, 0.3) is 0 Å². The van der Waals surface area contributed by atoms with E-state index in [1.165, 1.54) is 0 Å². The van der Waals surface area contributed by atoms with E-state index in [0.29, 0.717) is 5.92 Å². The second kappa shape index (κ2) is 5.89. The van der Waals surface area contributed by atoms with E-state index in [1.54, 1.807) is 12.4 Å². The van der Waals surface area contributed by atoms with Crippen LogP contribution in [0.1, 0.15) is 31.1 Å². The Kier molecular flexibility index (Phi) is 4.21. The van der Waals surface area contributed by atoms with Crippen molar-refractivity contribution in [2.75, 3.05) is 13.2 Å². The highest BCUT2D eigenvalue weighted by Gasteiger charge is 2.21. The summed E-state index contributed by atoms with van der Waals surface area (Å²) in [6.07, 6.45) is 6.67. The number of ether oxygens (including phenoxy) is 1.